The van der Waals surface area contributed by atoms with Crippen LogP contribution in [0.3, 0.4) is 0 Å². The van der Waals surface area contributed by atoms with E-state index in [0.29, 0.717) is 4.90 Å². The van der Waals surface area contributed by atoms with E-state index in [0.717, 1.165) is 4.88 Å². The Hall–Kier alpha value is -1.82. The average molecular weight is 356 g/mol. The van der Waals surface area contributed by atoms with Crippen molar-refractivity contribution in [3.05, 3.63) is 28.1 Å². The molecule has 2 aliphatic heterocycles. The molecule has 10 heteroatoms. The zero-order chi connectivity index (χ0) is 17.4. The number of aliphatic hydroxyl groups is 4. The van der Waals surface area contributed by atoms with Crippen LogP contribution in [0.15, 0.2) is 23.2 Å². The first-order valence-corrected chi connectivity index (χ1v) is 8.02. The summed E-state index contributed by atoms with van der Waals surface area (Å²) in [6, 6.07) is 2.72. The number of hydrogen-bond donors (Lipinski definition) is 5. The molecule has 2 fully saturated rings. The normalized spacial score (nSPS) is 35.6. The van der Waals surface area contributed by atoms with E-state index in [-0.39, 0.29) is 5.70 Å². The van der Waals surface area contributed by atoms with Crippen LogP contribution >= 0.6 is 11.3 Å². The molecule has 1 aromatic rings. The number of nitrogens with zero attached hydrogens (tertiary/aromatic N) is 1. The van der Waals surface area contributed by atoms with E-state index in [2.05, 4.69) is 5.32 Å². The molecule has 0 aromatic carbocycles. The lowest BCUT2D eigenvalue weighted by molar-refractivity contribution is -0.253. The first-order chi connectivity index (χ1) is 11.4. The molecule has 3 rings (SSSR count). The number of rotatable bonds is 3. The molecule has 5 atom stereocenters. The van der Waals surface area contributed by atoms with Gasteiger partial charge in [-0.1, -0.05) is 6.07 Å². The smallest absolute Gasteiger partial charge is 0.331 e. The molecular weight excluding hydrogens is 340 g/mol. The van der Waals surface area contributed by atoms with Gasteiger partial charge in [-0.05, 0) is 17.5 Å². The summed E-state index contributed by atoms with van der Waals surface area (Å²) in [4.78, 5) is 25.9. The van der Waals surface area contributed by atoms with Crippen LogP contribution in [0.25, 0.3) is 6.08 Å². The molecule has 0 aliphatic carbocycles. The number of carbonyl (C=O) groups excluding carboxylic acids is 2. The highest BCUT2D eigenvalue weighted by Gasteiger charge is 2.51. The molecule has 2 saturated heterocycles. The minimum atomic E-state index is -1.71. The van der Waals surface area contributed by atoms with Gasteiger partial charge in [-0.2, -0.15) is 0 Å². The van der Waals surface area contributed by atoms with Gasteiger partial charge in [0, 0.05) is 4.88 Å². The number of hydrogen-bond acceptors (Lipinski definition) is 8. The van der Waals surface area contributed by atoms with Gasteiger partial charge in [-0.25, -0.2) is 9.69 Å². The van der Waals surface area contributed by atoms with Crippen LogP contribution in [-0.4, -0.2) is 74.5 Å². The Labute approximate surface area is 140 Å². The van der Waals surface area contributed by atoms with Crippen molar-refractivity contribution in [1.29, 1.82) is 0 Å². The average Bonchev–Trinajstić information content (AvgIpc) is 3.16. The number of aliphatic hydroxyl groups excluding tert-OH is 4. The Morgan fingerprint density at radius 3 is 2.62 bits per heavy atom. The predicted octanol–water partition coefficient (Wildman–Crippen LogP) is -1.56. The lowest BCUT2D eigenvalue weighted by Crippen LogP contribution is -2.64. The fourth-order valence-electron chi connectivity index (χ4n) is 2.59. The summed E-state index contributed by atoms with van der Waals surface area (Å²) >= 11 is 1.37. The maximum atomic E-state index is 12.5. The van der Waals surface area contributed by atoms with Crippen molar-refractivity contribution in [2.24, 2.45) is 0 Å². The molecule has 0 spiro atoms. The summed E-state index contributed by atoms with van der Waals surface area (Å²) in [6.45, 7) is -0.650. The fourth-order valence-corrected chi connectivity index (χ4v) is 3.25. The van der Waals surface area contributed by atoms with Gasteiger partial charge in [-0.15, -0.1) is 11.3 Å². The van der Waals surface area contributed by atoms with Crippen molar-refractivity contribution in [3.8, 4) is 0 Å². The van der Waals surface area contributed by atoms with Crippen molar-refractivity contribution in [3.63, 3.8) is 0 Å². The molecule has 24 heavy (non-hydrogen) atoms. The van der Waals surface area contributed by atoms with Crippen LogP contribution in [0.4, 0.5) is 4.79 Å². The minimum absolute atomic E-state index is 0.000546. The fraction of sp³-hybridized carbons (Fsp3) is 0.429. The minimum Gasteiger partial charge on any atom is -0.394 e. The Morgan fingerprint density at radius 2 is 2.00 bits per heavy atom. The molecule has 2 aliphatic rings. The quantitative estimate of drug-likeness (QED) is 0.326. The number of thiophene rings is 1. The van der Waals surface area contributed by atoms with Crippen molar-refractivity contribution < 1.29 is 34.8 Å². The first-order valence-electron chi connectivity index (χ1n) is 7.14. The van der Waals surface area contributed by atoms with Gasteiger partial charge in [0.2, 0.25) is 0 Å². The van der Waals surface area contributed by atoms with Gasteiger partial charge in [0.25, 0.3) is 5.91 Å². The van der Waals surface area contributed by atoms with Gasteiger partial charge in [-0.3, -0.25) is 4.79 Å². The van der Waals surface area contributed by atoms with Crippen LogP contribution < -0.4 is 5.32 Å². The van der Waals surface area contributed by atoms with Crippen molar-refractivity contribution in [2.75, 3.05) is 6.61 Å². The van der Waals surface area contributed by atoms with E-state index < -0.39 is 49.2 Å². The summed E-state index contributed by atoms with van der Waals surface area (Å²) < 4.78 is 5.25. The second kappa shape index (κ2) is 6.59. The maximum Gasteiger partial charge on any atom is 0.331 e. The Bertz CT molecular complexity index is 660. The highest BCUT2D eigenvalue weighted by molar-refractivity contribution is 7.10. The molecule has 0 saturated carbocycles. The number of imide groups is 1. The number of carbonyl (C=O) groups is 2. The monoisotopic (exact) mass is 356 g/mol. The number of nitrogens with one attached hydrogen (secondary N) is 1. The highest BCUT2D eigenvalue weighted by Crippen LogP contribution is 2.27. The summed E-state index contributed by atoms with van der Waals surface area (Å²) in [7, 11) is 0. The van der Waals surface area contributed by atoms with Crippen LogP contribution in [0.1, 0.15) is 4.88 Å². The molecule has 3 heterocycles. The lowest BCUT2D eigenvalue weighted by atomic mass is 9.98. The van der Waals surface area contributed by atoms with Crippen molar-refractivity contribution in [2.45, 2.75) is 30.6 Å². The van der Waals surface area contributed by atoms with E-state index >= 15 is 0 Å². The third-order valence-corrected chi connectivity index (χ3v) is 4.68. The third kappa shape index (κ3) is 2.83. The third-order valence-electron chi connectivity index (χ3n) is 3.86. The Balaban J connectivity index is 1.86. The molecule has 5 N–H and O–H groups in total. The SMILES string of the molecule is O=C1N/C(=C\c2cccs2)C(=O)N1[C@@H]1O[C@H](CO)[C@H](O)[C@H](O)[C@H]1O. The van der Waals surface area contributed by atoms with Gasteiger partial charge < -0.3 is 30.5 Å². The van der Waals surface area contributed by atoms with Crippen molar-refractivity contribution >= 4 is 29.4 Å². The van der Waals surface area contributed by atoms with E-state index in [9.17, 15) is 30.0 Å². The van der Waals surface area contributed by atoms with Crippen LogP contribution in [0, 0.1) is 0 Å². The van der Waals surface area contributed by atoms with Gasteiger partial charge in [0.1, 0.15) is 30.1 Å². The first kappa shape index (κ1) is 17.0. The Morgan fingerprint density at radius 1 is 1.25 bits per heavy atom. The molecule has 1 aromatic heterocycles. The highest BCUT2D eigenvalue weighted by atomic mass is 32.1. The lowest BCUT2D eigenvalue weighted by Gasteiger charge is -2.42. The predicted molar refractivity (Wildman–Crippen MR) is 81.4 cm³/mol. The van der Waals surface area contributed by atoms with E-state index in [1.807, 2.05) is 5.38 Å². The second-order valence-electron chi connectivity index (χ2n) is 5.40. The molecule has 3 amide bonds. The summed E-state index contributed by atoms with van der Waals surface area (Å²) in [5, 5.41) is 43.0. The van der Waals surface area contributed by atoms with Gasteiger partial charge in [0.05, 0.1) is 6.61 Å². The number of urea groups is 1. The molecule has 130 valence electrons. The van der Waals surface area contributed by atoms with Crippen LogP contribution in [0.2, 0.25) is 0 Å². The van der Waals surface area contributed by atoms with Crippen molar-refractivity contribution in [1.82, 2.24) is 10.2 Å². The summed E-state index contributed by atoms with van der Waals surface area (Å²) in [5.74, 6) is -0.738. The Kier molecular flexibility index (Phi) is 4.67. The summed E-state index contributed by atoms with van der Waals surface area (Å²) in [5.41, 5.74) is -0.000546. The molecular formula is C14H16N2O7S. The topological polar surface area (TPSA) is 140 Å². The second-order valence-corrected chi connectivity index (χ2v) is 6.38. The number of ether oxygens (including phenoxy) is 1. The van der Waals surface area contributed by atoms with Gasteiger partial charge >= 0.3 is 6.03 Å². The maximum absolute atomic E-state index is 12.5. The molecule has 0 unspecified atom stereocenters. The van der Waals surface area contributed by atoms with E-state index in [4.69, 9.17) is 4.74 Å². The van der Waals surface area contributed by atoms with Gasteiger partial charge in [0.15, 0.2) is 6.23 Å². The zero-order valence-corrected chi connectivity index (χ0v) is 13.1. The molecule has 9 nitrogen and oxygen atoms in total. The molecule has 0 bridgehead atoms. The standard InChI is InChI=1S/C14H16N2O7S/c17-5-8-9(18)10(19)11(20)13(23-8)16-12(21)7(15-14(16)22)4-6-2-1-3-24-6/h1-4,8-11,13,17-20H,5H2,(H,15,22)/b7-4-/t8-,9+,10+,11-,13-/m1/s1. The zero-order valence-electron chi connectivity index (χ0n) is 12.3. The largest absolute Gasteiger partial charge is 0.394 e. The van der Waals surface area contributed by atoms with Crippen LogP contribution in [0.5, 0.6) is 0 Å². The molecule has 0 radical (unpaired) electrons. The van der Waals surface area contributed by atoms with E-state index in [1.165, 1.54) is 17.4 Å². The van der Waals surface area contributed by atoms with Crippen LogP contribution in [-0.2, 0) is 9.53 Å². The summed E-state index contributed by atoms with van der Waals surface area (Å²) in [6.07, 6.45) is -6.20. The number of amides is 3. The van der Waals surface area contributed by atoms with E-state index in [1.54, 1.807) is 12.1 Å².